The van der Waals surface area contributed by atoms with E-state index in [1.165, 1.54) is 0 Å². The zero-order chi connectivity index (χ0) is 17.1. The summed E-state index contributed by atoms with van der Waals surface area (Å²) in [6.45, 7) is 4.58. The van der Waals surface area contributed by atoms with Gasteiger partial charge < -0.3 is 15.0 Å². The van der Waals surface area contributed by atoms with Crippen LogP contribution in [-0.2, 0) is 9.59 Å². The lowest BCUT2D eigenvalue weighted by Gasteiger charge is -2.33. The van der Waals surface area contributed by atoms with Crippen LogP contribution >= 0.6 is 15.9 Å². The van der Waals surface area contributed by atoms with E-state index in [1.807, 2.05) is 23.1 Å². The van der Waals surface area contributed by atoms with Gasteiger partial charge in [-0.05, 0) is 37.6 Å². The molecule has 0 aromatic heterocycles. The molecule has 2 aliphatic rings. The fraction of sp³-hybridized carbons (Fsp3) is 0.529. The largest absolute Gasteiger partial charge is 0.482 e. The van der Waals surface area contributed by atoms with Crippen molar-refractivity contribution in [2.24, 2.45) is 0 Å². The molecule has 2 amide bonds. The van der Waals surface area contributed by atoms with Crippen LogP contribution in [0, 0.1) is 0 Å². The Balaban J connectivity index is 1.78. The molecule has 6 nitrogen and oxygen atoms in total. The minimum Gasteiger partial charge on any atom is -0.482 e. The summed E-state index contributed by atoms with van der Waals surface area (Å²) in [6.07, 6.45) is 1.87. The van der Waals surface area contributed by atoms with Crippen molar-refractivity contribution in [1.82, 2.24) is 10.2 Å². The van der Waals surface area contributed by atoms with E-state index in [4.69, 9.17) is 4.74 Å². The van der Waals surface area contributed by atoms with Gasteiger partial charge in [0, 0.05) is 23.6 Å². The Kier molecular flexibility index (Phi) is 5.40. The highest BCUT2D eigenvalue weighted by atomic mass is 79.9. The number of fused-ring (bicyclic) bond motifs is 1. The second-order valence-corrected chi connectivity index (χ2v) is 7.03. The van der Waals surface area contributed by atoms with E-state index in [2.05, 4.69) is 28.2 Å². The second kappa shape index (κ2) is 7.53. The normalized spacial score (nSPS) is 19.8. The van der Waals surface area contributed by atoms with Crippen LogP contribution in [0.4, 0.5) is 5.69 Å². The number of halogens is 1. The lowest BCUT2D eigenvalue weighted by Crippen LogP contribution is -2.50. The third kappa shape index (κ3) is 3.57. The fourth-order valence-corrected chi connectivity index (χ4v) is 3.58. The maximum Gasteiger partial charge on any atom is 0.265 e. The van der Waals surface area contributed by atoms with Gasteiger partial charge in [-0.2, -0.15) is 0 Å². The molecule has 0 saturated carbocycles. The first kappa shape index (κ1) is 17.2. The summed E-state index contributed by atoms with van der Waals surface area (Å²) in [7, 11) is 0. The van der Waals surface area contributed by atoms with Gasteiger partial charge in [0.25, 0.3) is 5.91 Å². The topological polar surface area (TPSA) is 61.9 Å². The molecule has 1 aromatic carbocycles. The number of nitrogens with one attached hydrogen (secondary N) is 1. The van der Waals surface area contributed by atoms with E-state index in [0.717, 1.165) is 36.9 Å². The van der Waals surface area contributed by atoms with Crippen LogP contribution in [0.2, 0.25) is 0 Å². The molecule has 0 aliphatic carbocycles. The Morgan fingerprint density at radius 1 is 1.50 bits per heavy atom. The number of carbonyl (C=O) groups excluding carboxylic acids is 2. The highest BCUT2D eigenvalue weighted by Crippen LogP contribution is 2.34. The van der Waals surface area contributed by atoms with Crippen molar-refractivity contribution in [3.63, 3.8) is 0 Å². The van der Waals surface area contributed by atoms with Crippen molar-refractivity contribution in [1.29, 1.82) is 0 Å². The molecule has 24 heavy (non-hydrogen) atoms. The lowest BCUT2D eigenvalue weighted by molar-refractivity contribution is -0.133. The molecule has 2 heterocycles. The number of ether oxygens (including phenoxy) is 1. The van der Waals surface area contributed by atoms with Crippen molar-refractivity contribution in [2.75, 3.05) is 37.7 Å². The van der Waals surface area contributed by atoms with Gasteiger partial charge >= 0.3 is 0 Å². The Bertz CT molecular complexity index is 632. The first-order valence-electron chi connectivity index (χ1n) is 8.33. The third-order valence-corrected chi connectivity index (χ3v) is 4.91. The SMILES string of the molecule is CCCN(C(=O)CN1C(=O)COc2cc(Br)ccc21)C1CCNC1. The molecule has 0 bridgehead atoms. The average molecular weight is 396 g/mol. The minimum absolute atomic E-state index is 0.00494. The Hall–Kier alpha value is -1.60. The average Bonchev–Trinajstić information content (AvgIpc) is 3.09. The van der Waals surface area contributed by atoms with Crippen LogP contribution in [0.25, 0.3) is 0 Å². The number of hydrogen-bond acceptors (Lipinski definition) is 4. The lowest BCUT2D eigenvalue weighted by atomic mass is 10.2. The molecule has 0 radical (unpaired) electrons. The maximum atomic E-state index is 12.9. The van der Waals surface area contributed by atoms with Crippen LogP contribution in [0.5, 0.6) is 5.75 Å². The van der Waals surface area contributed by atoms with Gasteiger partial charge in [-0.25, -0.2) is 0 Å². The first-order chi connectivity index (χ1) is 11.6. The molecule has 1 atom stereocenters. The van der Waals surface area contributed by atoms with E-state index in [9.17, 15) is 9.59 Å². The van der Waals surface area contributed by atoms with Crippen LogP contribution < -0.4 is 15.0 Å². The summed E-state index contributed by atoms with van der Waals surface area (Å²) in [5.41, 5.74) is 0.656. The Labute approximate surface area is 150 Å². The van der Waals surface area contributed by atoms with Gasteiger partial charge in [-0.1, -0.05) is 22.9 Å². The highest BCUT2D eigenvalue weighted by molar-refractivity contribution is 9.10. The molecule has 1 unspecified atom stereocenters. The number of nitrogens with zero attached hydrogens (tertiary/aromatic N) is 2. The first-order valence-corrected chi connectivity index (χ1v) is 9.12. The quantitative estimate of drug-likeness (QED) is 0.825. The molecule has 0 spiro atoms. The van der Waals surface area contributed by atoms with Crippen molar-refractivity contribution in [3.05, 3.63) is 22.7 Å². The van der Waals surface area contributed by atoms with Gasteiger partial charge in [-0.3, -0.25) is 14.5 Å². The van der Waals surface area contributed by atoms with Crippen molar-refractivity contribution >= 4 is 33.4 Å². The van der Waals surface area contributed by atoms with Crippen LogP contribution in [-0.4, -0.2) is 55.5 Å². The maximum absolute atomic E-state index is 12.9. The summed E-state index contributed by atoms with van der Waals surface area (Å²) in [6, 6.07) is 5.70. The van der Waals surface area contributed by atoms with Crippen LogP contribution in [0.1, 0.15) is 19.8 Å². The summed E-state index contributed by atoms with van der Waals surface area (Å²) >= 11 is 3.40. The van der Waals surface area contributed by atoms with E-state index in [0.29, 0.717) is 11.4 Å². The van der Waals surface area contributed by atoms with Gasteiger partial charge in [-0.15, -0.1) is 0 Å². The summed E-state index contributed by atoms with van der Waals surface area (Å²) in [5.74, 6) is 0.440. The van der Waals surface area contributed by atoms with E-state index < -0.39 is 0 Å². The summed E-state index contributed by atoms with van der Waals surface area (Å²) in [5, 5.41) is 3.30. The zero-order valence-electron chi connectivity index (χ0n) is 13.8. The van der Waals surface area contributed by atoms with Crippen LogP contribution in [0.3, 0.4) is 0 Å². The van der Waals surface area contributed by atoms with E-state index in [1.54, 1.807) is 4.90 Å². The molecule has 1 saturated heterocycles. The number of hydrogen-bond donors (Lipinski definition) is 1. The number of benzene rings is 1. The van der Waals surface area contributed by atoms with Crippen molar-refractivity contribution in [2.45, 2.75) is 25.8 Å². The molecular weight excluding hydrogens is 374 g/mol. The second-order valence-electron chi connectivity index (χ2n) is 6.11. The fourth-order valence-electron chi connectivity index (χ4n) is 3.24. The Morgan fingerprint density at radius 2 is 2.33 bits per heavy atom. The molecular formula is C17H22BrN3O3. The molecule has 130 valence electrons. The summed E-state index contributed by atoms with van der Waals surface area (Å²) in [4.78, 5) is 28.6. The molecule has 1 aromatic rings. The summed E-state index contributed by atoms with van der Waals surface area (Å²) < 4.78 is 6.36. The zero-order valence-corrected chi connectivity index (χ0v) is 15.3. The standard InChI is InChI=1S/C17H22BrN3O3/c1-2-7-20(13-5-6-19-9-13)16(22)10-21-14-4-3-12(18)8-15(14)24-11-17(21)23/h3-4,8,13,19H,2,5-7,9-11H2,1H3. The van der Waals surface area contributed by atoms with E-state index >= 15 is 0 Å². The van der Waals surface area contributed by atoms with Crippen molar-refractivity contribution < 1.29 is 14.3 Å². The smallest absolute Gasteiger partial charge is 0.265 e. The molecule has 3 rings (SSSR count). The Morgan fingerprint density at radius 3 is 3.04 bits per heavy atom. The number of carbonyl (C=O) groups is 2. The van der Waals surface area contributed by atoms with Crippen molar-refractivity contribution in [3.8, 4) is 5.75 Å². The molecule has 1 N–H and O–H groups in total. The third-order valence-electron chi connectivity index (χ3n) is 4.42. The predicted molar refractivity (Wildman–Crippen MR) is 95.3 cm³/mol. The monoisotopic (exact) mass is 395 g/mol. The van der Waals surface area contributed by atoms with Gasteiger partial charge in [0.15, 0.2) is 6.61 Å². The molecule has 7 heteroatoms. The van der Waals surface area contributed by atoms with Gasteiger partial charge in [0.05, 0.1) is 5.69 Å². The predicted octanol–water partition coefficient (Wildman–Crippen LogP) is 1.77. The molecule has 2 aliphatic heterocycles. The van der Waals surface area contributed by atoms with Crippen LogP contribution in [0.15, 0.2) is 22.7 Å². The van der Waals surface area contributed by atoms with Gasteiger partial charge in [0.2, 0.25) is 5.91 Å². The highest BCUT2D eigenvalue weighted by Gasteiger charge is 2.31. The minimum atomic E-state index is -0.181. The number of anilines is 1. The number of rotatable bonds is 5. The van der Waals surface area contributed by atoms with Gasteiger partial charge in [0.1, 0.15) is 12.3 Å². The molecule has 1 fully saturated rings. The van der Waals surface area contributed by atoms with E-state index in [-0.39, 0.29) is 31.0 Å². The number of amides is 2.